The van der Waals surface area contributed by atoms with E-state index in [-0.39, 0.29) is 6.04 Å². The topological polar surface area (TPSA) is 39.1 Å². The molecule has 0 aliphatic heterocycles. The Morgan fingerprint density at radius 2 is 2.00 bits per heavy atom. The molecule has 0 spiro atoms. The second kappa shape index (κ2) is 9.56. The minimum Gasteiger partial charge on any atom is -0.383 e. The number of nitrogens with one attached hydrogen (secondary N) is 1. The van der Waals surface area contributed by atoms with Gasteiger partial charge in [0.15, 0.2) is 0 Å². The number of para-hydroxylation sites is 1. The highest BCUT2D eigenvalue weighted by Gasteiger charge is 2.18. The monoisotopic (exact) mass is 419 g/mol. The molecule has 156 valence electrons. The zero-order valence-electron chi connectivity index (χ0n) is 17.9. The molecule has 30 heavy (non-hydrogen) atoms. The van der Waals surface area contributed by atoms with Gasteiger partial charge in [-0.15, -0.1) is 0 Å². The number of aryl methyl sites for hydroxylation is 1. The Morgan fingerprint density at radius 3 is 2.73 bits per heavy atom. The fraction of sp³-hybridized carbons (Fsp3) is 0.320. The van der Waals surface area contributed by atoms with Crippen molar-refractivity contribution in [2.24, 2.45) is 0 Å². The molecular formula is C25H29N3OS. The van der Waals surface area contributed by atoms with Gasteiger partial charge in [0.2, 0.25) is 0 Å². The molecule has 5 heteroatoms. The zero-order valence-corrected chi connectivity index (χ0v) is 18.7. The molecule has 4 rings (SSSR count). The number of methoxy groups -OCH3 is 1. The standard InChI is InChI=1S/C25H29N3OS/c1-18-8-9-23(26-15-18)24(14-20-10-13-30-17-20)27-16-22-19(2)28(11-12-29-3)25-7-5-4-6-21(22)25/h4-10,13,15,17,24,27H,11-12,14,16H2,1-3H3. The highest BCUT2D eigenvalue weighted by molar-refractivity contribution is 7.07. The molecule has 0 bridgehead atoms. The molecule has 3 heterocycles. The Morgan fingerprint density at radius 1 is 1.13 bits per heavy atom. The molecule has 1 N–H and O–H groups in total. The summed E-state index contributed by atoms with van der Waals surface area (Å²) in [5.41, 5.74) is 7.54. The van der Waals surface area contributed by atoms with Gasteiger partial charge < -0.3 is 14.6 Å². The molecule has 0 fully saturated rings. The molecule has 1 aromatic carbocycles. The molecule has 0 radical (unpaired) electrons. The van der Waals surface area contributed by atoms with Crippen LogP contribution in [-0.4, -0.2) is 23.3 Å². The van der Waals surface area contributed by atoms with Crippen LogP contribution in [0.3, 0.4) is 0 Å². The van der Waals surface area contributed by atoms with Crippen molar-refractivity contribution in [1.29, 1.82) is 0 Å². The lowest BCUT2D eigenvalue weighted by molar-refractivity contribution is 0.188. The Hall–Kier alpha value is -2.47. The van der Waals surface area contributed by atoms with Crippen molar-refractivity contribution in [3.05, 3.63) is 87.5 Å². The molecular weight excluding hydrogens is 390 g/mol. The molecule has 0 saturated carbocycles. The summed E-state index contributed by atoms with van der Waals surface area (Å²) in [6.45, 7) is 6.67. The van der Waals surface area contributed by atoms with Gasteiger partial charge in [0.1, 0.15) is 0 Å². The first-order valence-corrected chi connectivity index (χ1v) is 11.3. The minimum atomic E-state index is 0.167. The summed E-state index contributed by atoms with van der Waals surface area (Å²) in [7, 11) is 1.76. The average Bonchev–Trinajstić information content (AvgIpc) is 3.36. The van der Waals surface area contributed by atoms with E-state index in [0.29, 0.717) is 6.61 Å². The first-order chi connectivity index (χ1) is 14.7. The molecule has 0 aliphatic rings. The van der Waals surface area contributed by atoms with Crippen molar-refractivity contribution in [3.63, 3.8) is 0 Å². The maximum Gasteiger partial charge on any atom is 0.0642 e. The second-order valence-electron chi connectivity index (χ2n) is 7.76. The van der Waals surface area contributed by atoms with Gasteiger partial charge in [-0.3, -0.25) is 4.98 Å². The van der Waals surface area contributed by atoms with E-state index < -0.39 is 0 Å². The number of pyridine rings is 1. The summed E-state index contributed by atoms with van der Waals surface area (Å²) in [5.74, 6) is 0. The highest BCUT2D eigenvalue weighted by atomic mass is 32.1. The summed E-state index contributed by atoms with van der Waals surface area (Å²) in [6.07, 6.45) is 2.89. The number of ether oxygens (including phenoxy) is 1. The predicted octanol–water partition coefficient (Wildman–Crippen LogP) is 5.43. The van der Waals surface area contributed by atoms with Crippen LogP contribution in [0.1, 0.15) is 34.1 Å². The summed E-state index contributed by atoms with van der Waals surface area (Å²) >= 11 is 1.75. The first kappa shape index (κ1) is 20.8. The number of fused-ring (bicyclic) bond motifs is 1. The van der Waals surface area contributed by atoms with Crippen LogP contribution in [0.5, 0.6) is 0 Å². The predicted molar refractivity (Wildman–Crippen MR) is 125 cm³/mol. The van der Waals surface area contributed by atoms with E-state index in [9.17, 15) is 0 Å². The van der Waals surface area contributed by atoms with E-state index in [2.05, 4.69) is 77.0 Å². The van der Waals surface area contributed by atoms with E-state index in [0.717, 1.165) is 25.2 Å². The normalized spacial score (nSPS) is 12.5. The third-order valence-corrected chi connectivity index (χ3v) is 6.45. The van der Waals surface area contributed by atoms with Crippen LogP contribution in [0.25, 0.3) is 10.9 Å². The van der Waals surface area contributed by atoms with Crippen LogP contribution in [0.4, 0.5) is 0 Å². The van der Waals surface area contributed by atoms with E-state index in [1.807, 2.05) is 6.20 Å². The molecule has 4 nitrogen and oxygen atoms in total. The van der Waals surface area contributed by atoms with Crippen molar-refractivity contribution < 1.29 is 4.74 Å². The summed E-state index contributed by atoms with van der Waals surface area (Å²) in [4.78, 5) is 4.72. The molecule has 0 aliphatic carbocycles. The first-order valence-electron chi connectivity index (χ1n) is 10.4. The Balaban J connectivity index is 1.62. The number of hydrogen-bond acceptors (Lipinski definition) is 4. The fourth-order valence-corrected chi connectivity index (χ4v) is 4.71. The van der Waals surface area contributed by atoms with Gasteiger partial charge in [-0.2, -0.15) is 11.3 Å². The minimum absolute atomic E-state index is 0.167. The number of rotatable bonds is 9. The molecule has 4 aromatic rings. The van der Waals surface area contributed by atoms with E-state index in [4.69, 9.17) is 9.72 Å². The largest absolute Gasteiger partial charge is 0.383 e. The number of aromatic nitrogens is 2. The third-order valence-electron chi connectivity index (χ3n) is 5.72. The van der Waals surface area contributed by atoms with Crippen molar-refractivity contribution in [2.45, 2.75) is 39.4 Å². The summed E-state index contributed by atoms with van der Waals surface area (Å²) < 4.78 is 7.71. The smallest absolute Gasteiger partial charge is 0.0642 e. The van der Waals surface area contributed by atoms with Gasteiger partial charge in [0, 0.05) is 43.0 Å². The number of benzene rings is 1. The highest BCUT2D eigenvalue weighted by Crippen LogP contribution is 2.27. The SMILES string of the molecule is COCCn1c(C)c(CNC(Cc2ccsc2)c2ccc(C)cn2)c2ccccc21. The maximum absolute atomic E-state index is 5.34. The lowest BCUT2D eigenvalue weighted by Gasteiger charge is -2.19. The third kappa shape index (κ3) is 4.48. The van der Waals surface area contributed by atoms with Crippen LogP contribution >= 0.6 is 11.3 Å². The lowest BCUT2D eigenvalue weighted by Crippen LogP contribution is -2.24. The van der Waals surface area contributed by atoms with Gasteiger partial charge in [-0.25, -0.2) is 0 Å². The van der Waals surface area contributed by atoms with Crippen LogP contribution in [0.15, 0.2) is 59.4 Å². The molecule has 0 amide bonds. The number of nitrogens with zero attached hydrogens (tertiary/aromatic N) is 2. The van der Waals surface area contributed by atoms with Crippen molar-refractivity contribution in [1.82, 2.24) is 14.9 Å². The molecule has 1 unspecified atom stereocenters. The van der Waals surface area contributed by atoms with Gasteiger partial charge in [0.25, 0.3) is 0 Å². The molecule has 1 atom stereocenters. The van der Waals surface area contributed by atoms with Crippen LogP contribution in [-0.2, 0) is 24.2 Å². The van der Waals surface area contributed by atoms with Gasteiger partial charge in [-0.1, -0.05) is 24.3 Å². The Kier molecular flexibility index (Phi) is 6.62. The fourth-order valence-electron chi connectivity index (χ4n) is 4.03. The molecule has 0 saturated heterocycles. The summed E-state index contributed by atoms with van der Waals surface area (Å²) in [6, 6.07) is 15.3. The van der Waals surface area contributed by atoms with E-state index in [1.54, 1.807) is 18.4 Å². The van der Waals surface area contributed by atoms with Gasteiger partial charge >= 0.3 is 0 Å². The zero-order chi connectivity index (χ0) is 20.9. The maximum atomic E-state index is 5.34. The lowest BCUT2D eigenvalue weighted by atomic mass is 10.0. The second-order valence-corrected chi connectivity index (χ2v) is 8.54. The van der Waals surface area contributed by atoms with Gasteiger partial charge in [0.05, 0.1) is 18.3 Å². The molecule has 3 aromatic heterocycles. The van der Waals surface area contributed by atoms with Crippen molar-refractivity contribution in [2.75, 3.05) is 13.7 Å². The van der Waals surface area contributed by atoms with Crippen molar-refractivity contribution in [3.8, 4) is 0 Å². The van der Waals surface area contributed by atoms with Gasteiger partial charge in [-0.05, 0) is 65.9 Å². The van der Waals surface area contributed by atoms with E-state index >= 15 is 0 Å². The van der Waals surface area contributed by atoms with Crippen LogP contribution < -0.4 is 5.32 Å². The number of thiophene rings is 1. The quantitative estimate of drug-likeness (QED) is 0.393. The average molecular weight is 420 g/mol. The number of hydrogen-bond donors (Lipinski definition) is 1. The Bertz CT molecular complexity index is 1080. The van der Waals surface area contributed by atoms with Crippen molar-refractivity contribution >= 4 is 22.2 Å². The van der Waals surface area contributed by atoms with Crippen LogP contribution in [0, 0.1) is 13.8 Å². The van der Waals surface area contributed by atoms with Crippen LogP contribution in [0.2, 0.25) is 0 Å². The Labute approximate surface area is 182 Å². The summed E-state index contributed by atoms with van der Waals surface area (Å²) in [5, 5.41) is 9.49. The van der Waals surface area contributed by atoms with E-state index in [1.165, 1.54) is 33.3 Å².